The van der Waals surface area contributed by atoms with Crippen LogP contribution < -0.4 is 0 Å². The molecule has 0 radical (unpaired) electrons. The molecule has 1 N–H and O–H groups in total. The molecule has 0 fully saturated rings. The summed E-state index contributed by atoms with van der Waals surface area (Å²) < 4.78 is 0. The smallest absolute Gasteiger partial charge is 0.253 e. The van der Waals surface area contributed by atoms with Crippen LogP contribution >= 0.6 is 11.6 Å². The molecule has 15 heavy (non-hydrogen) atoms. The average molecular weight is 228 g/mol. The van der Waals surface area contributed by atoms with Crippen LogP contribution in [-0.4, -0.2) is 35.4 Å². The third kappa shape index (κ3) is 2.86. The molecule has 0 atom stereocenters. The number of hydrogen-bond donors (Lipinski definition) is 1. The molecule has 82 valence electrons. The lowest BCUT2D eigenvalue weighted by molar-refractivity contribution is 0.0803. The van der Waals surface area contributed by atoms with Gasteiger partial charge in [0.15, 0.2) is 0 Å². The first-order chi connectivity index (χ1) is 7.06. The van der Waals surface area contributed by atoms with Crippen LogP contribution in [0.5, 0.6) is 5.75 Å². The molecule has 1 aromatic rings. The number of aryl methyl sites for hydroxylation is 1. The van der Waals surface area contributed by atoms with E-state index in [1.807, 2.05) is 0 Å². The van der Waals surface area contributed by atoms with Crippen molar-refractivity contribution in [3.63, 3.8) is 0 Å². The van der Waals surface area contributed by atoms with E-state index in [0.29, 0.717) is 23.6 Å². The Morgan fingerprint density at radius 1 is 1.53 bits per heavy atom. The monoisotopic (exact) mass is 227 g/mol. The number of aromatic hydroxyl groups is 1. The van der Waals surface area contributed by atoms with Gasteiger partial charge in [0.05, 0.1) is 0 Å². The van der Waals surface area contributed by atoms with Crippen molar-refractivity contribution in [2.45, 2.75) is 6.92 Å². The Bertz CT molecular complexity index is 366. The summed E-state index contributed by atoms with van der Waals surface area (Å²) in [5.41, 5.74) is 1.26. The molecule has 1 rings (SSSR count). The van der Waals surface area contributed by atoms with E-state index in [1.165, 1.54) is 6.07 Å². The number of nitrogens with zero attached hydrogens (tertiary/aromatic N) is 1. The highest BCUT2D eigenvalue weighted by molar-refractivity contribution is 6.18. The fourth-order valence-corrected chi connectivity index (χ4v) is 1.49. The minimum Gasteiger partial charge on any atom is -0.508 e. The number of hydrogen-bond acceptors (Lipinski definition) is 2. The molecule has 0 bridgehead atoms. The molecular formula is C11H14ClNO2. The highest BCUT2D eigenvalue weighted by Gasteiger charge is 2.11. The number of alkyl halides is 1. The second-order valence-electron chi connectivity index (χ2n) is 3.42. The molecule has 0 aliphatic rings. The summed E-state index contributed by atoms with van der Waals surface area (Å²) in [5.74, 6) is 0.532. The third-order valence-electron chi connectivity index (χ3n) is 2.21. The van der Waals surface area contributed by atoms with E-state index in [9.17, 15) is 9.90 Å². The van der Waals surface area contributed by atoms with Crippen LogP contribution in [0.1, 0.15) is 15.9 Å². The van der Waals surface area contributed by atoms with E-state index < -0.39 is 0 Å². The van der Waals surface area contributed by atoms with Gasteiger partial charge in [-0.05, 0) is 30.7 Å². The number of carbonyl (C=O) groups excluding carboxylic acids is 1. The van der Waals surface area contributed by atoms with Gasteiger partial charge in [0.1, 0.15) is 5.75 Å². The average Bonchev–Trinajstić information content (AvgIpc) is 2.21. The molecule has 0 heterocycles. The van der Waals surface area contributed by atoms with Gasteiger partial charge >= 0.3 is 0 Å². The Labute approximate surface area is 94.3 Å². The standard InChI is InChI=1S/C11H14ClNO2/c1-8-7-9(3-4-10(8)14)11(15)13(2)6-5-12/h3-4,7,14H,5-6H2,1-2H3. The first-order valence-corrected chi connectivity index (χ1v) is 5.20. The van der Waals surface area contributed by atoms with Gasteiger partial charge in [0, 0.05) is 25.0 Å². The van der Waals surface area contributed by atoms with Crippen molar-refractivity contribution in [2.24, 2.45) is 0 Å². The molecular weight excluding hydrogens is 214 g/mol. The molecule has 3 nitrogen and oxygen atoms in total. The van der Waals surface area contributed by atoms with Gasteiger partial charge < -0.3 is 10.0 Å². The Hall–Kier alpha value is -1.22. The minimum absolute atomic E-state index is 0.0845. The predicted molar refractivity (Wildman–Crippen MR) is 60.5 cm³/mol. The topological polar surface area (TPSA) is 40.5 Å². The van der Waals surface area contributed by atoms with Crippen LogP contribution in [0.2, 0.25) is 0 Å². The number of carbonyl (C=O) groups is 1. The van der Waals surface area contributed by atoms with Crippen LogP contribution in [0.15, 0.2) is 18.2 Å². The minimum atomic E-state index is -0.0845. The van der Waals surface area contributed by atoms with Crippen molar-refractivity contribution in [3.8, 4) is 5.75 Å². The SMILES string of the molecule is Cc1cc(C(=O)N(C)CCCl)ccc1O. The molecule has 4 heteroatoms. The van der Waals surface area contributed by atoms with Gasteiger partial charge in [-0.2, -0.15) is 0 Å². The summed E-state index contributed by atoms with van der Waals surface area (Å²) in [7, 11) is 1.70. The molecule has 0 spiro atoms. The highest BCUT2D eigenvalue weighted by Crippen LogP contribution is 2.17. The summed E-state index contributed by atoms with van der Waals surface area (Å²) in [4.78, 5) is 13.3. The Balaban J connectivity index is 2.87. The first kappa shape index (κ1) is 11.9. The lowest BCUT2D eigenvalue weighted by Crippen LogP contribution is -2.28. The summed E-state index contributed by atoms with van der Waals surface area (Å²) >= 11 is 5.55. The normalized spacial score (nSPS) is 10.1. The molecule has 1 aromatic carbocycles. The molecule has 0 saturated heterocycles. The Kier molecular flexibility index (Phi) is 3.97. The van der Waals surface area contributed by atoms with Crippen LogP contribution in [0.3, 0.4) is 0 Å². The first-order valence-electron chi connectivity index (χ1n) is 4.67. The van der Waals surface area contributed by atoms with Crippen molar-refractivity contribution < 1.29 is 9.90 Å². The fraction of sp³-hybridized carbons (Fsp3) is 0.364. The Morgan fingerprint density at radius 3 is 2.73 bits per heavy atom. The number of amides is 1. The maximum Gasteiger partial charge on any atom is 0.253 e. The van der Waals surface area contributed by atoms with Crippen LogP contribution in [0, 0.1) is 6.92 Å². The van der Waals surface area contributed by atoms with Crippen molar-refractivity contribution in [1.29, 1.82) is 0 Å². The van der Waals surface area contributed by atoms with Crippen molar-refractivity contribution >= 4 is 17.5 Å². The van der Waals surface area contributed by atoms with Crippen LogP contribution in [-0.2, 0) is 0 Å². The van der Waals surface area contributed by atoms with E-state index in [-0.39, 0.29) is 11.7 Å². The molecule has 0 aromatic heterocycles. The predicted octanol–water partition coefficient (Wildman–Crippen LogP) is 2.01. The van der Waals surface area contributed by atoms with Gasteiger partial charge in [-0.15, -0.1) is 11.6 Å². The van der Waals surface area contributed by atoms with Gasteiger partial charge in [-0.3, -0.25) is 4.79 Å². The maximum absolute atomic E-state index is 11.8. The molecule has 1 amide bonds. The largest absolute Gasteiger partial charge is 0.508 e. The summed E-state index contributed by atoms with van der Waals surface area (Å²) in [5, 5.41) is 9.32. The molecule has 0 unspecified atom stereocenters. The zero-order valence-corrected chi connectivity index (χ0v) is 9.58. The lowest BCUT2D eigenvalue weighted by Gasteiger charge is -2.15. The van der Waals surface area contributed by atoms with E-state index in [1.54, 1.807) is 31.0 Å². The number of benzene rings is 1. The fourth-order valence-electron chi connectivity index (χ4n) is 1.24. The van der Waals surface area contributed by atoms with Crippen LogP contribution in [0.25, 0.3) is 0 Å². The highest BCUT2D eigenvalue weighted by atomic mass is 35.5. The van der Waals surface area contributed by atoms with Crippen LogP contribution in [0.4, 0.5) is 0 Å². The summed E-state index contributed by atoms with van der Waals surface area (Å²) in [6, 6.07) is 4.80. The third-order valence-corrected chi connectivity index (χ3v) is 2.38. The lowest BCUT2D eigenvalue weighted by atomic mass is 10.1. The van der Waals surface area contributed by atoms with Gasteiger partial charge in [0.2, 0.25) is 0 Å². The van der Waals surface area contributed by atoms with Crippen molar-refractivity contribution in [2.75, 3.05) is 19.5 Å². The van der Waals surface area contributed by atoms with E-state index in [4.69, 9.17) is 11.6 Å². The Morgan fingerprint density at radius 2 is 2.20 bits per heavy atom. The second kappa shape index (κ2) is 5.03. The van der Waals surface area contributed by atoms with E-state index >= 15 is 0 Å². The summed E-state index contributed by atoms with van der Waals surface area (Å²) in [6.07, 6.45) is 0. The molecule has 0 aliphatic heterocycles. The van der Waals surface area contributed by atoms with E-state index in [0.717, 1.165) is 0 Å². The quantitative estimate of drug-likeness (QED) is 0.803. The van der Waals surface area contributed by atoms with Gasteiger partial charge in [0.25, 0.3) is 5.91 Å². The molecule has 0 saturated carbocycles. The number of phenols is 1. The summed E-state index contributed by atoms with van der Waals surface area (Å²) in [6.45, 7) is 2.27. The second-order valence-corrected chi connectivity index (χ2v) is 3.79. The zero-order chi connectivity index (χ0) is 11.4. The van der Waals surface area contributed by atoms with Gasteiger partial charge in [-0.25, -0.2) is 0 Å². The van der Waals surface area contributed by atoms with Crippen molar-refractivity contribution in [3.05, 3.63) is 29.3 Å². The van der Waals surface area contributed by atoms with Crippen molar-refractivity contribution in [1.82, 2.24) is 4.90 Å². The number of halogens is 1. The maximum atomic E-state index is 11.8. The number of phenolic OH excluding ortho intramolecular Hbond substituents is 1. The molecule has 0 aliphatic carbocycles. The zero-order valence-electron chi connectivity index (χ0n) is 8.83. The van der Waals surface area contributed by atoms with Gasteiger partial charge in [-0.1, -0.05) is 0 Å². The van der Waals surface area contributed by atoms with E-state index in [2.05, 4.69) is 0 Å². The number of rotatable bonds is 3.